The van der Waals surface area contributed by atoms with Crippen LogP contribution in [0, 0.1) is 0 Å². The van der Waals surface area contributed by atoms with Crippen molar-refractivity contribution in [2.45, 2.75) is 13.0 Å². The van der Waals surface area contributed by atoms with Gasteiger partial charge in [-0.3, -0.25) is 0 Å². The maximum Gasteiger partial charge on any atom is 0.404 e. The first-order valence-corrected chi connectivity index (χ1v) is 2.35. The van der Waals surface area contributed by atoms with Crippen LogP contribution in [0.5, 0.6) is 0 Å². The van der Waals surface area contributed by atoms with Gasteiger partial charge in [-0.15, -0.1) is 0 Å². The maximum atomic E-state index is 9.74. The lowest BCUT2D eigenvalue weighted by atomic mass is 10.4. The average molecular weight is 118 g/mol. The lowest BCUT2D eigenvalue weighted by Gasteiger charge is -2.01. The fourth-order valence-electron chi connectivity index (χ4n) is 0.248. The molecule has 4 heteroatoms. The van der Waals surface area contributed by atoms with Gasteiger partial charge in [-0.05, 0) is 6.92 Å². The van der Waals surface area contributed by atoms with E-state index in [4.69, 9.17) is 10.8 Å². The van der Waals surface area contributed by atoms with Crippen LogP contribution >= 0.6 is 0 Å². The standard InChI is InChI=1S/C4H10N2O2/c1-3(5)2-6-4(7)8/h3,6H,2,5H2,1H3,(H,7,8)/t3-/m0/s1. The van der Waals surface area contributed by atoms with Gasteiger partial charge >= 0.3 is 6.09 Å². The van der Waals surface area contributed by atoms with Crippen molar-refractivity contribution in [3.8, 4) is 0 Å². The zero-order chi connectivity index (χ0) is 6.57. The minimum absolute atomic E-state index is 0.105. The molecule has 0 fully saturated rings. The van der Waals surface area contributed by atoms with Gasteiger partial charge in [0.2, 0.25) is 0 Å². The Balaban J connectivity index is 3.05. The van der Waals surface area contributed by atoms with E-state index in [0.29, 0.717) is 6.54 Å². The number of nitrogens with two attached hydrogens (primary N) is 1. The summed E-state index contributed by atoms with van der Waals surface area (Å²) in [5.74, 6) is 0. The van der Waals surface area contributed by atoms with Gasteiger partial charge in [0.05, 0.1) is 0 Å². The van der Waals surface area contributed by atoms with E-state index in [0.717, 1.165) is 0 Å². The van der Waals surface area contributed by atoms with Gasteiger partial charge in [-0.2, -0.15) is 0 Å². The van der Waals surface area contributed by atoms with Gasteiger partial charge in [0.15, 0.2) is 0 Å². The Labute approximate surface area is 47.7 Å². The second-order valence-corrected chi connectivity index (χ2v) is 1.66. The molecule has 0 unspecified atom stereocenters. The highest BCUT2D eigenvalue weighted by molar-refractivity contribution is 5.64. The number of rotatable bonds is 2. The minimum Gasteiger partial charge on any atom is -0.465 e. The van der Waals surface area contributed by atoms with Crippen LogP contribution in [0.2, 0.25) is 0 Å². The van der Waals surface area contributed by atoms with Crippen molar-refractivity contribution < 1.29 is 9.90 Å². The Hall–Kier alpha value is -0.770. The summed E-state index contributed by atoms with van der Waals surface area (Å²) in [5, 5.41) is 10.1. The Bertz CT molecular complexity index is 82.1. The lowest BCUT2D eigenvalue weighted by molar-refractivity contribution is 0.194. The van der Waals surface area contributed by atoms with Gasteiger partial charge in [0, 0.05) is 12.6 Å². The molecule has 1 atom stereocenters. The largest absolute Gasteiger partial charge is 0.465 e. The Kier molecular flexibility index (Phi) is 2.95. The van der Waals surface area contributed by atoms with Crippen LogP contribution in [0.25, 0.3) is 0 Å². The first-order valence-electron chi connectivity index (χ1n) is 2.35. The normalized spacial score (nSPS) is 12.8. The number of carbonyl (C=O) groups is 1. The second kappa shape index (κ2) is 3.26. The van der Waals surface area contributed by atoms with Crippen LogP contribution in [-0.2, 0) is 0 Å². The van der Waals surface area contributed by atoms with Crippen molar-refractivity contribution in [2.24, 2.45) is 5.73 Å². The highest BCUT2D eigenvalue weighted by Gasteiger charge is 1.94. The Morgan fingerprint density at radius 1 is 2.00 bits per heavy atom. The third kappa shape index (κ3) is 5.23. The van der Waals surface area contributed by atoms with Gasteiger partial charge in [0.25, 0.3) is 0 Å². The molecule has 1 amide bonds. The summed E-state index contributed by atoms with van der Waals surface area (Å²) in [6.45, 7) is 2.05. The van der Waals surface area contributed by atoms with Crippen LogP contribution in [0.15, 0.2) is 0 Å². The number of hydrogen-bond donors (Lipinski definition) is 3. The van der Waals surface area contributed by atoms with Crippen molar-refractivity contribution in [1.82, 2.24) is 5.32 Å². The molecule has 4 N–H and O–H groups in total. The van der Waals surface area contributed by atoms with E-state index in [1.165, 1.54) is 0 Å². The molecule has 0 aromatic rings. The summed E-state index contributed by atoms with van der Waals surface area (Å²) in [5.41, 5.74) is 5.21. The lowest BCUT2D eigenvalue weighted by Crippen LogP contribution is -2.34. The van der Waals surface area contributed by atoms with Crippen molar-refractivity contribution in [1.29, 1.82) is 0 Å². The fourth-order valence-corrected chi connectivity index (χ4v) is 0.248. The van der Waals surface area contributed by atoms with Crippen LogP contribution in [-0.4, -0.2) is 23.8 Å². The molecule has 0 bridgehead atoms. The predicted octanol–water partition coefficient (Wildman–Crippen LogP) is -0.399. The minimum atomic E-state index is -1.03. The SMILES string of the molecule is C[C@H](N)CNC(=O)O. The summed E-state index contributed by atoms with van der Waals surface area (Å²) >= 11 is 0. The third-order valence-corrected chi connectivity index (χ3v) is 0.575. The maximum absolute atomic E-state index is 9.74. The summed E-state index contributed by atoms with van der Waals surface area (Å²) in [6.07, 6.45) is -1.03. The number of nitrogens with one attached hydrogen (secondary N) is 1. The van der Waals surface area contributed by atoms with Crippen LogP contribution in [0.3, 0.4) is 0 Å². The zero-order valence-corrected chi connectivity index (χ0v) is 4.72. The van der Waals surface area contributed by atoms with Gasteiger partial charge in [-0.25, -0.2) is 4.79 Å². The predicted molar refractivity (Wildman–Crippen MR) is 29.7 cm³/mol. The van der Waals surface area contributed by atoms with E-state index < -0.39 is 6.09 Å². The van der Waals surface area contributed by atoms with Crippen molar-refractivity contribution >= 4 is 6.09 Å². The number of amides is 1. The number of hydrogen-bond acceptors (Lipinski definition) is 2. The first kappa shape index (κ1) is 7.23. The highest BCUT2D eigenvalue weighted by Crippen LogP contribution is 1.68. The molecule has 0 radical (unpaired) electrons. The van der Waals surface area contributed by atoms with E-state index in [1.807, 2.05) is 0 Å². The molecule has 0 aliphatic carbocycles. The second-order valence-electron chi connectivity index (χ2n) is 1.66. The number of carboxylic acid groups (broad SMARTS) is 1. The molecule has 0 saturated carbocycles. The molecule has 8 heavy (non-hydrogen) atoms. The van der Waals surface area contributed by atoms with E-state index in [2.05, 4.69) is 5.32 Å². The molecule has 0 spiro atoms. The molecule has 0 rings (SSSR count). The van der Waals surface area contributed by atoms with Crippen molar-refractivity contribution in [2.75, 3.05) is 6.54 Å². The molecule has 0 saturated heterocycles. The summed E-state index contributed by atoms with van der Waals surface area (Å²) in [4.78, 5) is 9.74. The molecule has 4 nitrogen and oxygen atoms in total. The van der Waals surface area contributed by atoms with Gasteiger partial charge < -0.3 is 16.2 Å². The van der Waals surface area contributed by atoms with Crippen LogP contribution < -0.4 is 11.1 Å². The molecular formula is C4H10N2O2. The molecule has 0 aliphatic heterocycles. The smallest absolute Gasteiger partial charge is 0.404 e. The molecule has 0 heterocycles. The van der Waals surface area contributed by atoms with E-state index >= 15 is 0 Å². The Morgan fingerprint density at radius 2 is 2.50 bits per heavy atom. The molecule has 0 aromatic heterocycles. The summed E-state index contributed by atoms with van der Waals surface area (Å²) in [6, 6.07) is -0.105. The van der Waals surface area contributed by atoms with E-state index in [9.17, 15) is 4.79 Å². The summed E-state index contributed by atoms with van der Waals surface area (Å²) in [7, 11) is 0. The quantitative estimate of drug-likeness (QED) is 0.462. The molecular weight excluding hydrogens is 108 g/mol. The topological polar surface area (TPSA) is 75.3 Å². The Morgan fingerprint density at radius 3 is 2.62 bits per heavy atom. The average Bonchev–Trinajstić information content (AvgIpc) is 1.61. The first-order chi connectivity index (χ1) is 3.63. The van der Waals surface area contributed by atoms with Crippen molar-refractivity contribution in [3.63, 3.8) is 0 Å². The van der Waals surface area contributed by atoms with Crippen LogP contribution in [0.4, 0.5) is 4.79 Å². The molecule has 0 aliphatic rings. The van der Waals surface area contributed by atoms with E-state index in [1.54, 1.807) is 6.92 Å². The highest BCUT2D eigenvalue weighted by atomic mass is 16.4. The van der Waals surface area contributed by atoms with Gasteiger partial charge in [-0.1, -0.05) is 0 Å². The van der Waals surface area contributed by atoms with Crippen LogP contribution in [0.1, 0.15) is 6.92 Å². The monoisotopic (exact) mass is 118 g/mol. The van der Waals surface area contributed by atoms with Gasteiger partial charge in [0.1, 0.15) is 0 Å². The van der Waals surface area contributed by atoms with Crippen molar-refractivity contribution in [3.05, 3.63) is 0 Å². The van der Waals surface area contributed by atoms with E-state index in [-0.39, 0.29) is 6.04 Å². The zero-order valence-electron chi connectivity index (χ0n) is 4.72. The molecule has 48 valence electrons. The third-order valence-electron chi connectivity index (χ3n) is 0.575. The fraction of sp³-hybridized carbons (Fsp3) is 0.750. The summed E-state index contributed by atoms with van der Waals surface area (Å²) < 4.78 is 0. The molecule has 0 aromatic carbocycles.